The average molecular weight is 151 g/mol. The number of hydrogen-bond acceptors (Lipinski definition) is 1. The highest BCUT2D eigenvalue weighted by molar-refractivity contribution is 5.31. The zero-order valence-corrected chi connectivity index (χ0v) is 7.70. The Labute approximate surface area is 69.2 Å². The van der Waals surface area contributed by atoms with Gasteiger partial charge < -0.3 is 5.32 Å². The summed E-state index contributed by atoms with van der Waals surface area (Å²) in [5.74, 6) is 0. The first-order valence-corrected chi connectivity index (χ1v) is 4.35. The molecule has 1 rings (SSSR count). The van der Waals surface area contributed by atoms with E-state index in [-0.39, 0.29) is 0 Å². The molecular weight excluding hydrogens is 134 g/mol. The highest BCUT2D eigenvalue weighted by Crippen LogP contribution is 2.23. The summed E-state index contributed by atoms with van der Waals surface area (Å²) in [6.45, 7) is 4.42. The topological polar surface area (TPSA) is 12.0 Å². The van der Waals surface area contributed by atoms with E-state index in [2.05, 4.69) is 25.2 Å². The van der Waals surface area contributed by atoms with Crippen LogP contribution in [0, 0.1) is 0 Å². The molecule has 1 aliphatic carbocycles. The summed E-state index contributed by atoms with van der Waals surface area (Å²) in [6, 6.07) is 0. The molecule has 1 aliphatic rings. The van der Waals surface area contributed by atoms with Crippen LogP contribution in [0.1, 0.15) is 33.1 Å². The first-order chi connectivity index (χ1) is 5.27. The van der Waals surface area contributed by atoms with Gasteiger partial charge in [-0.1, -0.05) is 12.5 Å². The third-order valence-corrected chi connectivity index (χ3v) is 2.29. The molecule has 0 spiro atoms. The lowest BCUT2D eigenvalue weighted by molar-refractivity contribution is 0.805. The minimum atomic E-state index is 1.18. The molecule has 0 unspecified atom stereocenters. The number of nitrogens with one attached hydrogen (secondary N) is 1. The molecule has 0 bridgehead atoms. The Morgan fingerprint density at radius 1 is 1.45 bits per heavy atom. The predicted molar refractivity (Wildman–Crippen MR) is 49.4 cm³/mol. The van der Waals surface area contributed by atoms with Crippen molar-refractivity contribution in [3.8, 4) is 0 Å². The molecule has 1 nitrogen and oxygen atoms in total. The van der Waals surface area contributed by atoms with E-state index in [0.717, 1.165) is 0 Å². The molecule has 0 heterocycles. The van der Waals surface area contributed by atoms with Crippen LogP contribution in [0.3, 0.4) is 0 Å². The fraction of sp³-hybridized carbons (Fsp3) is 0.600. The van der Waals surface area contributed by atoms with Crippen LogP contribution < -0.4 is 5.32 Å². The van der Waals surface area contributed by atoms with Crippen LogP contribution in [0.15, 0.2) is 22.9 Å². The standard InChI is InChI=1S/C10H17N/c1-4-9-6-5-8(2)7-10(9)11-3/h7,11H,4-6H2,1-3H3. The van der Waals surface area contributed by atoms with Crippen molar-refractivity contribution >= 4 is 0 Å². The third kappa shape index (κ3) is 1.86. The van der Waals surface area contributed by atoms with E-state index in [9.17, 15) is 0 Å². The van der Waals surface area contributed by atoms with Gasteiger partial charge in [-0.15, -0.1) is 0 Å². The van der Waals surface area contributed by atoms with Crippen molar-refractivity contribution in [1.29, 1.82) is 0 Å². The first-order valence-electron chi connectivity index (χ1n) is 4.35. The second-order valence-corrected chi connectivity index (χ2v) is 3.11. The third-order valence-electron chi connectivity index (χ3n) is 2.29. The van der Waals surface area contributed by atoms with E-state index >= 15 is 0 Å². The monoisotopic (exact) mass is 151 g/mol. The Morgan fingerprint density at radius 3 is 2.73 bits per heavy atom. The number of allylic oxidation sites excluding steroid dienone is 3. The van der Waals surface area contributed by atoms with E-state index in [4.69, 9.17) is 0 Å². The summed E-state index contributed by atoms with van der Waals surface area (Å²) >= 11 is 0. The van der Waals surface area contributed by atoms with Crippen LogP contribution in [-0.2, 0) is 0 Å². The van der Waals surface area contributed by atoms with Crippen LogP contribution >= 0.6 is 0 Å². The van der Waals surface area contributed by atoms with Crippen LogP contribution in [-0.4, -0.2) is 7.05 Å². The molecule has 0 aromatic carbocycles. The number of likely N-dealkylation sites (N-methyl/N-ethyl adjacent to an activating group) is 1. The summed E-state index contributed by atoms with van der Waals surface area (Å²) in [5, 5.41) is 3.24. The summed E-state index contributed by atoms with van der Waals surface area (Å²) in [4.78, 5) is 0. The van der Waals surface area contributed by atoms with E-state index in [0.29, 0.717) is 0 Å². The highest BCUT2D eigenvalue weighted by Gasteiger charge is 2.07. The van der Waals surface area contributed by atoms with Gasteiger partial charge >= 0.3 is 0 Å². The molecule has 0 saturated heterocycles. The largest absolute Gasteiger partial charge is 0.388 e. The smallest absolute Gasteiger partial charge is 0.0328 e. The zero-order chi connectivity index (χ0) is 8.27. The predicted octanol–water partition coefficient (Wildman–Crippen LogP) is 2.61. The lowest BCUT2D eigenvalue weighted by Gasteiger charge is -2.17. The maximum absolute atomic E-state index is 3.24. The molecule has 11 heavy (non-hydrogen) atoms. The highest BCUT2D eigenvalue weighted by atomic mass is 14.8. The minimum absolute atomic E-state index is 1.18. The molecule has 1 N–H and O–H groups in total. The summed E-state index contributed by atoms with van der Waals surface area (Å²) < 4.78 is 0. The molecular formula is C10H17N. The van der Waals surface area contributed by atoms with E-state index in [1.54, 1.807) is 5.57 Å². The van der Waals surface area contributed by atoms with Crippen molar-refractivity contribution in [2.24, 2.45) is 0 Å². The van der Waals surface area contributed by atoms with Crippen molar-refractivity contribution in [2.75, 3.05) is 7.05 Å². The van der Waals surface area contributed by atoms with Crippen LogP contribution in [0.25, 0.3) is 0 Å². The number of rotatable bonds is 2. The van der Waals surface area contributed by atoms with E-state index in [1.807, 2.05) is 7.05 Å². The maximum atomic E-state index is 3.24. The molecule has 0 amide bonds. The average Bonchev–Trinajstić information content (AvgIpc) is 2.04. The van der Waals surface area contributed by atoms with Crippen molar-refractivity contribution in [3.05, 3.63) is 22.9 Å². The zero-order valence-electron chi connectivity index (χ0n) is 7.70. The normalized spacial score (nSPS) is 18.3. The summed E-state index contributed by atoms with van der Waals surface area (Å²) in [5.41, 5.74) is 4.40. The SMILES string of the molecule is CCC1=C(NC)C=C(C)CC1. The molecule has 0 atom stereocenters. The van der Waals surface area contributed by atoms with Crippen molar-refractivity contribution < 1.29 is 0 Å². The van der Waals surface area contributed by atoms with Gasteiger partial charge in [0.1, 0.15) is 0 Å². The Balaban J connectivity index is 2.83. The molecule has 0 aliphatic heterocycles. The molecule has 0 saturated carbocycles. The van der Waals surface area contributed by atoms with Crippen molar-refractivity contribution in [2.45, 2.75) is 33.1 Å². The maximum Gasteiger partial charge on any atom is 0.0328 e. The molecule has 0 aromatic heterocycles. The van der Waals surface area contributed by atoms with Crippen molar-refractivity contribution in [3.63, 3.8) is 0 Å². The van der Waals surface area contributed by atoms with Gasteiger partial charge in [0.2, 0.25) is 0 Å². The van der Waals surface area contributed by atoms with Gasteiger partial charge in [0.25, 0.3) is 0 Å². The van der Waals surface area contributed by atoms with Gasteiger partial charge in [-0.25, -0.2) is 0 Å². The van der Waals surface area contributed by atoms with Gasteiger partial charge in [-0.3, -0.25) is 0 Å². The van der Waals surface area contributed by atoms with E-state index in [1.165, 1.54) is 30.5 Å². The fourth-order valence-corrected chi connectivity index (χ4v) is 1.52. The second kappa shape index (κ2) is 3.61. The molecule has 62 valence electrons. The Morgan fingerprint density at radius 2 is 2.18 bits per heavy atom. The van der Waals surface area contributed by atoms with Gasteiger partial charge in [-0.05, 0) is 37.8 Å². The molecule has 0 aromatic rings. The Kier molecular flexibility index (Phi) is 2.75. The minimum Gasteiger partial charge on any atom is -0.388 e. The Bertz CT molecular complexity index is 199. The summed E-state index contributed by atoms with van der Waals surface area (Å²) in [6.07, 6.45) is 5.94. The Hall–Kier alpha value is -0.720. The van der Waals surface area contributed by atoms with E-state index < -0.39 is 0 Å². The second-order valence-electron chi connectivity index (χ2n) is 3.11. The van der Waals surface area contributed by atoms with Gasteiger partial charge in [0.15, 0.2) is 0 Å². The quantitative estimate of drug-likeness (QED) is 0.639. The van der Waals surface area contributed by atoms with Gasteiger partial charge in [0.05, 0.1) is 0 Å². The van der Waals surface area contributed by atoms with Crippen LogP contribution in [0.4, 0.5) is 0 Å². The molecule has 0 fully saturated rings. The molecule has 1 heteroatoms. The molecule has 0 radical (unpaired) electrons. The van der Waals surface area contributed by atoms with Gasteiger partial charge in [0, 0.05) is 12.7 Å². The lowest BCUT2D eigenvalue weighted by atomic mass is 9.95. The van der Waals surface area contributed by atoms with Crippen LogP contribution in [0.5, 0.6) is 0 Å². The number of hydrogen-bond donors (Lipinski definition) is 1. The van der Waals surface area contributed by atoms with Gasteiger partial charge in [-0.2, -0.15) is 0 Å². The fourth-order valence-electron chi connectivity index (χ4n) is 1.52. The van der Waals surface area contributed by atoms with Crippen molar-refractivity contribution in [1.82, 2.24) is 5.32 Å². The summed E-state index contributed by atoms with van der Waals surface area (Å²) in [7, 11) is 2.00. The van der Waals surface area contributed by atoms with Crippen LogP contribution in [0.2, 0.25) is 0 Å². The first kappa shape index (κ1) is 8.38. The lowest BCUT2D eigenvalue weighted by Crippen LogP contribution is -2.10.